The van der Waals surface area contributed by atoms with Crippen LogP contribution in [0.25, 0.3) is 0 Å². The highest BCUT2D eigenvalue weighted by Gasteiger charge is 2.68. The minimum atomic E-state index is -1.55. The third-order valence-corrected chi connectivity index (χ3v) is 6.67. The van der Waals surface area contributed by atoms with Crippen molar-refractivity contribution in [2.45, 2.75) is 50.9 Å². The molecule has 132 valence electrons. The van der Waals surface area contributed by atoms with Crippen LogP contribution in [0.1, 0.15) is 50.7 Å². The van der Waals surface area contributed by atoms with Crippen LogP contribution in [0.5, 0.6) is 0 Å². The van der Waals surface area contributed by atoms with Crippen molar-refractivity contribution in [3.8, 4) is 0 Å². The topological polar surface area (TPSA) is 86.0 Å². The van der Waals surface area contributed by atoms with Crippen molar-refractivity contribution in [1.29, 1.82) is 0 Å². The van der Waals surface area contributed by atoms with E-state index in [-0.39, 0.29) is 30.3 Å². The van der Waals surface area contributed by atoms with Gasteiger partial charge in [-0.2, -0.15) is 0 Å². The van der Waals surface area contributed by atoms with Gasteiger partial charge in [0.1, 0.15) is 6.10 Å². The van der Waals surface area contributed by atoms with E-state index in [9.17, 15) is 14.7 Å². The van der Waals surface area contributed by atoms with E-state index < -0.39 is 17.2 Å². The van der Waals surface area contributed by atoms with Gasteiger partial charge in [-0.1, -0.05) is 6.92 Å². The van der Waals surface area contributed by atoms with Crippen LogP contribution in [-0.4, -0.2) is 22.8 Å². The highest BCUT2D eigenvalue weighted by Crippen LogP contribution is 2.64. The van der Waals surface area contributed by atoms with Gasteiger partial charge in [0.15, 0.2) is 0 Å². The van der Waals surface area contributed by atoms with E-state index in [2.05, 4.69) is 0 Å². The number of hydrogen-bond donors (Lipinski definition) is 1. The maximum absolute atomic E-state index is 13.1. The Labute approximate surface area is 144 Å². The fourth-order valence-electron chi connectivity index (χ4n) is 5.57. The van der Waals surface area contributed by atoms with Gasteiger partial charge in [0.25, 0.3) is 0 Å². The van der Waals surface area contributed by atoms with Crippen molar-refractivity contribution in [1.82, 2.24) is 0 Å². The standard InChI is InChI=1S/C19H20O6/c1-10-7-19(22)15-12(16(20)25-19)3-2-4-13(15)18(10)8-14(24-17(18)21)11-5-6-23-9-11/h5-6,9-10,13-14,22H,2-4,7-8H2,1H3/t10-,13-,14-,18-,19+/m0/s1. The molecule has 1 N–H and O–H groups in total. The van der Waals surface area contributed by atoms with Crippen LogP contribution in [0.4, 0.5) is 0 Å². The predicted octanol–water partition coefficient (Wildman–Crippen LogP) is 2.64. The van der Waals surface area contributed by atoms with Crippen LogP contribution in [-0.2, 0) is 19.1 Å². The maximum atomic E-state index is 13.1. The fourth-order valence-corrected chi connectivity index (χ4v) is 5.57. The Kier molecular flexibility index (Phi) is 2.89. The number of esters is 2. The molecule has 1 saturated carbocycles. The van der Waals surface area contributed by atoms with E-state index in [0.717, 1.165) is 18.4 Å². The van der Waals surface area contributed by atoms with Crippen molar-refractivity contribution in [3.05, 3.63) is 35.3 Å². The van der Waals surface area contributed by atoms with Crippen LogP contribution in [0.15, 0.2) is 34.2 Å². The van der Waals surface area contributed by atoms with Crippen molar-refractivity contribution < 1.29 is 28.6 Å². The molecule has 6 heteroatoms. The number of carbonyl (C=O) groups excluding carboxylic acids is 2. The number of furan rings is 1. The van der Waals surface area contributed by atoms with E-state index in [1.807, 2.05) is 13.0 Å². The smallest absolute Gasteiger partial charge is 0.336 e. The molecule has 4 aliphatic rings. The largest absolute Gasteiger partial charge is 0.472 e. The summed E-state index contributed by atoms with van der Waals surface area (Å²) in [6.45, 7) is 1.95. The van der Waals surface area contributed by atoms with Crippen LogP contribution in [0.2, 0.25) is 0 Å². The zero-order chi connectivity index (χ0) is 17.4. The second kappa shape index (κ2) is 4.75. The first-order chi connectivity index (χ1) is 12.0. The van der Waals surface area contributed by atoms with Gasteiger partial charge < -0.3 is 19.0 Å². The minimum absolute atomic E-state index is 0.152. The second-order valence-electron chi connectivity index (χ2n) is 7.81. The van der Waals surface area contributed by atoms with Crippen LogP contribution in [0, 0.1) is 17.3 Å². The summed E-state index contributed by atoms with van der Waals surface area (Å²) >= 11 is 0. The highest BCUT2D eigenvalue weighted by molar-refractivity contribution is 5.94. The molecule has 0 amide bonds. The molecule has 0 radical (unpaired) electrons. The second-order valence-corrected chi connectivity index (χ2v) is 7.81. The molecular formula is C19H20O6. The first-order valence-corrected chi connectivity index (χ1v) is 8.88. The Morgan fingerprint density at radius 2 is 2.12 bits per heavy atom. The lowest BCUT2D eigenvalue weighted by atomic mass is 9.53. The number of aliphatic hydroxyl groups is 1. The molecule has 5 rings (SSSR count). The average molecular weight is 344 g/mol. The lowest BCUT2D eigenvalue weighted by Crippen LogP contribution is -2.54. The van der Waals surface area contributed by atoms with Gasteiger partial charge in [0.05, 0.1) is 17.9 Å². The summed E-state index contributed by atoms with van der Waals surface area (Å²) in [6.07, 6.45) is 5.79. The number of carbonyl (C=O) groups is 2. The Morgan fingerprint density at radius 3 is 2.88 bits per heavy atom. The predicted molar refractivity (Wildman–Crippen MR) is 83.8 cm³/mol. The molecule has 1 spiro atoms. The Bertz CT molecular complexity index is 793. The van der Waals surface area contributed by atoms with Gasteiger partial charge in [0, 0.05) is 35.5 Å². The van der Waals surface area contributed by atoms with E-state index in [1.54, 1.807) is 12.5 Å². The lowest BCUT2D eigenvalue weighted by molar-refractivity contribution is -0.205. The number of rotatable bonds is 1. The normalized spacial score (nSPS) is 42.6. The Hall–Kier alpha value is -2.08. The van der Waals surface area contributed by atoms with Gasteiger partial charge >= 0.3 is 11.9 Å². The molecule has 0 aromatic carbocycles. The van der Waals surface area contributed by atoms with Gasteiger partial charge in [-0.25, -0.2) is 4.79 Å². The zero-order valence-corrected chi connectivity index (χ0v) is 14.0. The van der Waals surface area contributed by atoms with Crippen LogP contribution < -0.4 is 0 Å². The number of fused-ring (bicyclic) bond motifs is 1. The summed E-state index contributed by atoms with van der Waals surface area (Å²) in [5.41, 5.74) is 1.35. The lowest BCUT2D eigenvalue weighted by Gasteiger charge is -2.49. The number of cyclic esters (lactones) is 1. The highest BCUT2D eigenvalue weighted by atomic mass is 16.7. The molecule has 25 heavy (non-hydrogen) atoms. The van der Waals surface area contributed by atoms with E-state index >= 15 is 0 Å². The monoisotopic (exact) mass is 344 g/mol. The molecular weight excluding hydrogens is 324 g/mol. The van der Waals surface area contributed by atoms with Crippen LogP contribution in [0.3, 0.4) is 0 Å². The molecule has 2 aliphatic heterocycles. The van der Waals surface area contributed by atoms with Crippen LogP contribution >= 0.6 is 0 Å². The molecule has 6 nitrogen and oxygen atoms in total. The summed E-state index contributed by atoms with van der Waals surface area (Å²) in [5, 5.41) is 11.0. The first-order valence-electron chi connectivity index (χ1n) is 8.88. The van der Waals surface area contributed by atoms with Gasteiger partial charge in [-0.3, -0.25) is 4.79 Å². The van der Waals surface area contributed by atoms with Crippen molar-refractivity contribution in [3.63, 3.8) is 0 Å². The molecule has 0 bridgehead atoms. The molecule has 5 atom stereocenters. The molecule has 2 fully saturated rings. The summed E-state index contributed by atoms with van der Waals surface area (Å²) in [7, 11) is 0. The van der Waals surface area contributed by atoms with E-state index in [1.165, 1.54) is 0 Å². The van der Waals surface area contributed by atoms with Gasteiger partial charge in [-0.05, 0) is 31.2 Å². The third kappa shape index (κ3) is 1.78. The summed E-state index contributed by atoms with van der Waals surface area (Å²) in [4.78, 5) is 25.3. The molecule has 3 heterocycles. The van der Waals surface area contributed by atoms with Crippen molar-refractivity contribution in [2.75, 3.05) is 0 Å². The number of ether oxygens (including phenoxy) is 2. The number of hydrogen-bond acceptors (Lipinski definition) is 6. The van der Waals surface area contributed by atoms with Gasteiger partial charge in [0.2, 0.25) is 5.79 Å². The molecule has 1 aromatic rings. The molecule has 1 saturated heterocycles. The minimum Gasteiger partial charge on any atom is -0.472 e. The first kappa shape index (κ1) is 15.2. The summed E-state index contributed by atoms with van der Waals surface area (Å²) in [6, 6.07) is 1.81. The average Bonchev–Trinajstić information content (AvgIpc) is 3.25. The van der Waals surface area contributed by atoms with Crippen molar-refractivity contribution in [2.24, 2.45) is 17.3 Å². The third-order valence-electron chi connectivity index (χ3n) is 6.67. The Morgan fingerprint density at radius 1 is 1.28 bits per heavy atom. The fraction of sp³-hybridized carbons (Fsp3) is 0.579. The van der Waals surface area contributed by atoms with E-state index in [4.69, 9.17) is 13.9 Å². The SMILES string of the molecule is C[C@H]1C[C@@]2(O)OC(=O)C3=C2[C@H](CCC3)[C@]12C[C@@H](c1ccoc1)OC2=O. The van der Waals surface area contributed by atoms with E-state index in [0.29, 0.717) is 24.0 Å². The Balaban J connectivity index is 1.62. The molecule has 0 unspecified atom stereocenters. The summed E-state index contributed by atoms with van der Waals surface area (Å²) in [5.74, 6) is -2.56. The van der Waals surface area contributed by atoms with Crippen molar-refractivity contribution >= 4 is 11.9 Å². The molecule has 2 aliphatic carbocycles. The quantitative estimate of drug-likeness (QED) is 0.788. The molecule has 1 aromatic heterocycles. The maximum Gasteiger partial charge on any atom is 0.336 e. The van der Waals surface area contributed by atoms with Gasteiger partial charge in [-0.15, -0.1) is 0 Å². The zero-order valence-electron chi connectivity index (χ0n) is 14.0. The summed E-state index contributed by atoms with van der Waals surface area (Å²) < 4.78 is 16.2.